The van der Waals surface area contributed by atoms with Gasteiger partial charge in [0.25, 0.3) is 0 Å². The van der Waals surface area contributed by atoms with Crippen molar-refractivity contribution < 1.29 is 15.0 Å². The Bertz CT molecular complexity index is 588. The Balaban J connectivity index is 2.48. The summed E-state index contributed by atoms with van der Waals surface area (Å²) in [5.41, 5.74) is 1.98. The number of aromatic hydroxyl groups is 2. The van der Waals surface area contributed by atoms with Gasteiger partial charge < -0.3 is 10.2 Å². The van der Waals surface area contributed by atoms with Crippen molar-refractivity contribution in [1.29, 1.82) is 0 Å². The Kier molecular flexibility index (Phi) is 3.33. The van der Waals surface area contributed by atoms with Gasteiger partial charge in [-0.05, 0) is 23.8 Å². The number of hydrogen-bond donors (Lipinski definition) is 2. The molecule has 2 rings (SSSR count). The first-order valence-corrected chi connectivity index (χ1v) is 5.77. The van der Waals surface area contributed by atoms with Crippen LogP contribution >= 0.6 is 0 Å². The molecule has 2 aromatic rings. The maximum absolute atomic E-state index is 11.6. The Morgan fingerprint density at radius 2 is 1.89 bits per heavy atom. The van der Waals surface area contributed by atoms with Gasteiger partial charge in [-0.3, -0.25) is 4.79 Å². The van der Waals surface area contributed by atoms with E-state index in [4.69, 9.17) is 0 Å². The minimum Gasteiger partial charge on any atom is -0.508 e. The summed E-state index contributed by atoms with van der Waals surface area (Å²) in [6.45, 7) is 1.81. The topological polar surface area (TPSA) is 57.5 Å². The smallest absolute Gasteiger partial charge is 0.162 e. The highest BCUT2D eigenvalue weighted by Crippen LogP contribution is 2.32. The minimum absolute atomic E-state index is 0.00361. The van der Waals surface area contributed by atoms with Gasteiger partial charge >= 0.3 is 0 Å². The second-order valence-corrected chi connectivity index (χ2v) is 4.06. The van der Waals surface area contributed by atoms with Gasteiger partial charge in [0.2, 0.25) is 0 Å². The highest BCUT2D eigenvalue weighted by molar-refractivity contribution is 5.97. The molecule has 0 saturated carbocycles. The molecule has 92 valence electrons. The molecule has 0 aliphatic rings. The van der Waals surface area contributed by atoms with Crippen molar-refractivity contribution in [2.24, 2.45) is 0 Å². The van der Waals surface area contributed by atoms with Crippen LogP contribution in [0.1, 0.15) is 23.7 Å². The summed E-state index contributed by atoms with van der Waals surface area (Å²) in [7, 11) is 0. The largest absolute Gasteiger partial charge is 0.508 e. The molecule has 18 heavy (non-hydrogen) atoms. The van der Waals surface area contributed by atoms with E-state index >= 15 is 0 Å². The fourth-order valence-electron chi connectivity index (χ4n) is 1.83. The Morgan fingerprint density at radius 3 is 2.56 bits per heavy atom. The number of phenols is 2. The lowest BCUT2D eigenvalue weighted by molar-refractivity contribution is 0.0988. The summed E-state index contributed by atoms with van der Waals surface area (Å²) in [4.78, 5) is 11.6. The summed E-state index contributed by atoms with van der Waals surface area (Å²) in [5.74, 6) is 0.0725. The lowest BCUT2D eigenvalue weighted by atomic mass is 10.00. The van der Waals surface area contributed by atoms with Crippen LogP contribution in [0.5, 0.6) is 11.5 Å². The molecule has 3 nitrogen and oxygen atoms in total. The maximum Gasteiger partial charge on any atom is 0.162 e. The quantitative estimate of drug-likeness (QED) is 0.811. The van der Waals surface area contributed by atoms with E-state index in [1.807, 2.05) is 13.0 Å². The molecule has 0 unspecified atom stereocenters. The van der Waals surface area contributed by atoms with Gasteiger partial charge in [0.15, 0.2) is 5.78 Å². The third-order valence-corrected chi connectivity index (χ3v) is 2.80. The average molecular weight is 242 g/mol. The van der Waals surface area contributed by atoms with Crippen molar-refractivity contribution >= 4 is 5.78 Å². The molecule has 0 aliphatic heterocycles. The molecular formula is C15H14O3. The van der Waals surface area contributed by atoms with Crippen LogP contribution in [0.25, 0.3) is 11.1 Å². The number of benzene rings is 2. The fourth-order valence-corrected chi connectivity index (χ4v) is 1.83. The standard InChI is InChI=1S/C15H14O3/c1-2-14(17)11-5-3-4-10(8-11)13-7-6-12(16)9-15(13)18/h3-9,16,18H,2H2,1H3. The van der Waals surface area contributed by atoms with Crippen LogP contribution in [0.2, 0.25) is 0 Å². The van der Waals surface area contributed by atoms with E-state index in [0.29, 0.717) is 17.5 Å². The van der Waals surface area contributed by atoms with Crippen molar-refractivity contribution in [3.63, 3.8) is 0 Å². The van der Waals surface area contributed by atoms with Gasteiger partial charge in [0.1, 0.15) is 11.5 Å². The predicted octanol–water partition coefficient (Wildman–Crippen LogP) is 3.36. The molecule has 0 aromatic heterocycles. The van der Waals surface area contributed by atoms with E-state index in [1.165, 1.54) is 12.1 Å². The molecule has 0 radical (unpaired) electrons. The van der Waals surface area contributed by atoms with Gasteiger partial charge in [-0.1, -0.05) is 25.1 Å². The number of ketones is 1. The molecule has 0 fully saturated rings. The first-order chi connectivity index (χ1) is 8.61. The third-order valence-electron chi connectivity index (χ3n) is 2.80. The summed E-state index contributed by atoms with van der Waals surface area (Å²) in [6.07, 6.45) is 0.449. The molecule has 2 N–H and O–H groups in total. The van der Waals surface area contributed by atoms with Gasteiger partial charge in [0, 0.05) is 23.6 Å². The van der Waals surface area contributed by atoms with Crippen LogP contribution in [0.4, 0.5) is 0 Å². The van der Waals surface area contributed by atoms with Crippen molar-refractivity contribution in [2.45, 2.75) is 13.3 Å². The van der Waals surface area contributed by atoms with Gasteiger partial charge in [0.05, 0.1) is 0 Å². The monoisotopic (exact) mass is 242 g/mol. The molecule has 3 heteroatoms. The zero-order valence-corrected chi connectivity index (χ0v) is 10.1. The van der Waals surface area contributed by atoms with Crippen molar-refractivity contribution in [1.82, 2.24) is 0 Å². The van der Waals surface area contributed by atoms with E-state index in [-0.39, 0.29) is 17.3 Å². The van der Waals surface area contributed by atoms with Crippen molar-refractivity contribution in [2.75, 3.05) is 0 Å². The second-order valence-electron chi connectivity index (χ2n) is 4.06. The molecule has 0 aliphatic carbocycles. The molecule has 2 aromatic carbocycles. The van der Waals surface area contributed by atoms with Crippen LogP contribution in [0.15, 0.2) is 42.5 Å². The minimum atomic E-state index is -0.00361. The average Bonchev–Trinajstić information content (AvgIpc) is 2.38. The van der Waals surface area contributed by atoms with Crippen LogP contribution in [0.3, 0.4) is 0 Å². The summed E-state index contributed by atoms with van der Waals surface area (Å²) in [6, 6.07) is 11.5. The van der Waals surface area contributed by atoms with Gasteiger partial charge in [-0.25, -0.2) is 0 Å². The summed E-state index contributed by atoms with van der Waals surface area (Å²) >= 11 is 0. The number of phenolic OH excluding ortho intramolecular Hbond substituents is 2. The lowest BCUT2D eigenvalue weighted by Gasteiger charge is -2.07. The number of carbonyl (C=O) groups is 1. The maximum atomic E-state index is 11.6. The highest BCUT2D eigenvalue weighted by Gasteiger charge is 2.08. The van der Waals surface area contributed by atoms with Gasteiger partial charge in [-0.15, -0.1) is 0 Å². The van der Waals surface area contributed by atoms with E-state index in [9.17, 15) is 15.0 Å². The van der Waals surface area contributed by atoms with E-state index in [1.54, 1.807) is 24.3 Å². The van der Waals surface area contributed by atoms with Crippen LogP contribution in [0, 0.1) is 0 Å². The number of rotatable bonds is 3. The van der Waals surface area contributed by atoms with Crippen molar-refractivity contribution in [3.05, 3.63) is 48.0 Å². The number of carbonyl (C=O) groups excluding carboxylic acids is 1. The van der Waals surface area contributed by atoms with E-state index < -0.39 is 0 Å². The van der Waals surface area contributed by atoms with E-state index in [0.717, 1.165) is 5.56 Å². The predicted molar refractivity (Wildman–Crippen MR) is 69.8 cm³/mol. The normalized spacial score (nSPS) is 10.3. The van der Waals surface area contributed by atoms with Crippen LogP contribution < -0.4 is 0 Å². The molecule has 0 saturated heterocycles. The summed E-state index contributed by atoms with van der Waals surface area (Å²) in [5, 5.41) is 19.0. The fraction of sp³-hybridized carbons (Fsp3) is 0.133. The first-order valence-electron chi connectivity index (χ1n) is 5.77. The summed E-state index contributed by atoms with van der Waals surface area (Å²) < 4.78 is 0. The molecule has 0 spiro atoms. The SMILES string of the molecule is CCC(=O)c1cccc(-c2ccc(O)cc2O)c1. The van der Waals surface area contributed by atoms with E-state index in [2.05, 4.69) is 0 Å². The van der Waals surface area contributed by atoms with Gasteiger partial charge in [-0.2, -0.15) is 0 Å². The number of hydrogen-bond acceptors (Lipinski definition) is 3. The molecule has 0 atom stereocenters. The third kappa shape index (κ3) is 2.35. The Morgan fingerprint density at radius 1 is 1.11 bits per heavy atom. The Labute approximate surface area is 105 Å². The lowest BCUT2D eigenvalue weighted by Crippen LogP contribution is -1.96. The van der Waals surface area contributed by atoms with Crippen molar-refractivity contribution in [3.8, 4) is 22.6 Å². The zero-order valence-electron chi connectivity index (χ0n) is 10.1. The van der Waals surface area contributed by atoms with Crippen LogP contribution in [-0.4, -0.2) is 16.0 Å². The van der Waals surface area contributed by atoms with Crippen LogP contribution in [-0.2, 0) is 0 Å². The zero-order chi connectivity index (χ0) is 13.1. The molecule has 0 heterocycles. The highest BCUT2D eigenvalue weighted by atomic mass is 16.3. The number of Topliss-reactive ketones (excluding diaryl/α,β-unsaturated/α-hetero) is 1. The molecule has 0 amide bonds. The molecule has 0 bridgehead atoms. The first kappa shape index (κ1) is 12.2. The second kappa shape index (κ2) is 4.92. The Hall–Kier alpha value is -2.29. The molecular weight excluding hydrogens is 228 g/mol.